The Morgan fingerprint density at radius 2 is 1.52 bits per heavy atom. The minimum atomic E-state index is -3.78. The van der Waals surface area contributed by atoms with E-state index >= 15 is 0 Å². The van der Waals surface area contributed by atoms with Crippen LogP contribution >= 0.6 is 0 Å². The van der Waals surface area contributed by atoms with Crippen molar-refractivity contribution >= 4 is 24.0 Å². The van der Waals surface area contributed by atoms with Gasteiger partial charge in [0.05, 0.1) is 16.4 Å². The van der Waals surface area contributed by atoms with Crippen LogP contribution in [-0.4, -0.2) is 43.2 Å². The third kappa shape index (κ3) is 3.17. The zero-order valence-corrected chi connectivity index (χ0v) is 17.9. The van der Waals surface area contributed by atoms with Gasteiger partial charge in [0, 0.05) is 0 Å². The van der Waals surface area contributed by atoms with Gasteiger partial charge in [-0.15, -0.1) is 0 Å². The van der Waals surface area contributed by atoms with E-state index in [1.807, 2.05) is 33.9 Å². The number of β-lactam (4-membered cyclic amide) rings is 1. The number of hydrogen-bond donors (Lipinski definition) is 1. The number of sulfone groups is 1. The summed E-state index contributed by atoms with van der Waals surface area (Å²) in [5, 5.41) is 9.26. The smallest absolute Gasteiger partial charge is 0.224 e. The average Bonchev–Trinajstić information content (AvgIpc) is 2.42. The Bertz CT molecular complexity index is 761. The highest BCUT2D eigenvalue weighted by Crippen LogP contribution is 2.49. The number of carbonyl (C=O) groups is 1. The Labute approximate surface area is 152 Å². The molecular weight excluding hydrogens is 354 g/mol. The van der Waals surface area contributed by atoms with Crippen molar-refractivity contribution in [3.8, 4) is 0 Å². The summed E-state index contributed by atoms with van der Waals surface area (Å²) in [4.78, 5) is 13.1. The minimum absolute atomic E-state index is 0.186. The van der Waals surface area contributed by atoms with E-state index in [4.69, 9.17) is 0 Å². The first kappa shape index (κ1) is 20.1. The molecule has 0 saturated carbocycles. The van der Waals surface area contributed by atoms with Crippen LogP contribution in [0.15, 0.2) is 35.2 Å². The number of hydrogen-bond acceptors (Lipinski definition) is 4. The van der Waals surface area contributed by atoms with E-state index in [1.165, 1.54) is 13.8 Å². The maximum Gasteiger partial charge on any atom is 0.224 e. The summed E-state index contributed by atoms with van der Waals surface area (Å²) in [7, 11) is -6.20. The summed E-state index contributed by atoms with van der Waals surface area (Å²) in [5.41, 5.74) is -1.40. The molecule has 2 rings (SSSR count). The Morgan fingerprint density at radius 3 is 1.92 bits per heavy atom. The molecule has 1 heterocycles. The van der Waals surface area contributed by atoms with Gasteiger partial charge in [0.15, 0.2) is 18.1 Å². The lowest BCUT2D eigenvalue weighted by Crippen LogP contribution is -2.77. The number of benzene rings is 1. The molecule has 1 N–H and O–H groups in total. The molecule has 1 aromatic carbocycles. The normalized spacial score (nSPS) is 22.7. The fraction of sp³-hybridized carbons (Fsp3) is 0.611. The molecule has 1 fully saturated rings. The molecule has 0 radical (unpaired) electrons. The van der Waals surface area contributed by atoms with E-state index in [1.54, 1.807) is 34.9 Å². The number of aliphatic hydroxyl groups is 1. The van der Waals surface area contributed by atoms with Gasteiger partial charge >= 0.3 is 0 Å². The molecule has 7 heteroatoms. The van der Waals surface area contributed by atoms with Crippen LogP contribution in [0.2, 0.25) is 18.1 Å². The predicted molar refractivity (Wildman–Crippen MR) is 101 cm³/mol. The standard InChI is InChI=1S/C18H29NO4SSi/c1-17(2,3)25(6,7)19-15(20)14(18(4,5)21)16(19)24(22,23)13-11-9-8-10-12-13/h8-12,14,16,21H,1-7H3. The number of amides is 1. The zero-order valence-electron chi connectivity index (χ0n) is 16.1. The first-order valence-electron chi connectivity index (χ1n) is 8.48. The molecule has 2 atom stereocenters. The number of nitrogens with zero attached hydrogens (tertiary/aromatic N) is 1. The molecule has 25 heavy (non-hydrogen) atoms. The molecule has 0 aromatic heterocycles. The summed E-state index contributed by atoms with van der Waals surface area (Å²) in [6.45, 7) is 13.2. The molecule has 140 valence electrons. The highest BCUT2D eigenvalue weighted by atomic mass is 32.2. The van der Waals surface area contributed by atoms with Crippen LogP contribution in [0.4, 0.5) is 0 Å². The van der Waals surface area contributed by atoms with Gasteiger partial charge in [0.2, 0.25) is 5.91 Å². The van der Waals surface area contributed by atoms with Crippen LogP contribution in [0, 0.1) is 5.92 Å². The second-order valence-corrected chi connectivity index (χ2v) is 16.0. The summed E-state index contributed by atoms with van der Waals surface area (Å²) >= 11 is 0. The molecule has 1 aliphatic heterocycles. The topological polar surface area (TPSA) is 74.7 Å². The van der Waals surface area contributed by atoms with E-state index in [0.717, 1.165) is 0 Å². The van der Waals surface area contributed by atoms with Crippen molar-refractivity contribution in [2.24, 2.45) is 5.92 Å². The maximum atomic E-state index is 13.3. The van der Waals surface area contributed by atoms with Crippen LogP contribution < -0.4 is 0 Å². The lowest BCUT2D eigenvalue weighted by Gasteiger charge is -2.59. The number of rotatable bonds is 4. The second-order valence-electron chi connectivity index (χ2n) is 8.90. The zero-order chi connectivity index (χ0) is 19.4. The van der Waals surface area contributed by atoms with Gasteiger partial charge in [-0.3, -0.25) is 4.79 Å². The Balaban J connectivity index is 2.61. The van der Waals surface area contributed by atoms with Crippen LogP contribution in [-0.2, 0) is 14.6 Å². The highest BCUT2D eigenvalue weighted by molar-refractivity contribution is 7.92. The summed E-state index contributed by atoms with van der Waals surface area (Å²) in [5.74, 6) is -1.21. The van der Waals surface area contributed by atoms with Crippen LogP contribution in [0.5, 0.6) is 0 Å². The van der Waals surface area contributed by atoms with E-state index < -0.39 is 35.0 Å². The first-order valence-corrected chi connectivity index (χ1v) is 13.0. The lowest BCUT2D eigenvalue weighted by atomic mass is 9.85. The fourth-order valence-corrected chi connectivity index (χ4v) is 8.55. The fourth-order valence-electron chi connectivity index (χ4n) is 3.14. The van der Waals surface area contributed by atoms with Gasteiger partial charge in [-0.05, 0) is 31.0 Å². The maximum absolute atomic E-state index is 13.3. The van der Waals surface area contributed by atoms with Crippen molar-refractivity contribution < 1.29 is 18.3 Å². The van der Waals surface area contributed by atoms with Gasteiger partial charge in [-0.2, -0.15) is 0 Å². The quantitative estimate of drug-likeness (QED) is 0.641. The van der Waals surface area contributed by atoms with Crippen molar-refractivity contribution in [2.75, 3.05) is 0 Å². The molecule has 0 bridgehead atoms. The summed E-state index contributed by atoms with van der Waals surface area (Å²) in [6, 6.07) is 8.18. The van der Waals surface area contributed by atoms with Crippen LogP contribution in [0.3, 0.4) is 0 Å². The average molecular weight is 384 g/mol. The van der Waals surface area contributed by atoms with Crippen molar-refractivity contribution in [2.45, 2.75) is 68.6 Å². The minimum Gasteiger partial charge on any atom is -0.390 e. The van der Waals surface area contributed by atoms with Gasteiger partial charge in [0.25, 0.3) is 0 Å². The largest absolute Gasteiger partial charge is 0.390 e. The molecule has 1 aromatic rings. The monoisotopic (exact) mass is 383 g/mol. The van der Waals surface area contributed by atoms with Gasteiger partial charge < -0.3 is 9.67 Å². The Kier molecular flexibility index (Phi) is 4.77. The molecule has 0 aliphatic carbocycles. The van der Waals surface area contributed by atoms with Crippen molar-refractivity contribution in [3.63, 3.8) is 0 Å². The van der Waals surface area contributed by atoms with Crippen LogP contribution in [0.25, 0.3) is 0 Å². The molecule has 2 unspecified atom stereocenters. The van der Waals surface area contributed by atoms with E-state index in [-0.39, 0.29) is 15.8 Å². The second kappa shape index (κ2) is 5.92. The molecule has 1 saturated heterocycles. The molecule has 0 spiro atoms. The molecule has 5 nitrogen and oxygen atoms in total. The summed E-state index contributed by atoms with van der Waals surface area (Å²) < 4.78 is 28.2. The summed E-state index contributed by atoms with van der Waals surface area (Å²) in [6.07, 6.45) is 0. The first-order chi connectivity index (χ1) is 11.1. The molecule has 1 aliphatic rings. The van der Waals surface area contributed by atoms with E-state index in [2.05, 4.69) is 0 Å². The third-order valence-corrected chi connectivity index (χ3v) is 13.2. The van der Waals surface area contributed by atoms with E-state index in [9.17, 15) is 18.3 Å². The van der Waals surface area contributed by atoms with Gasteiger partial charge in [0.1, 0.15) is 5.37 Å². The SMILES string of the molecule is CC(C)(O)C1C(=O)N([Si](C)(C)C(C)(C)C)C1S(=O)(=O)c1ccccc1. The predicted octanol–water partition coefficient (Wildman–Crippen LogP) is 3.02. The van der Waals surface area contributed by atoms with Gasteiger partial charge in [-0.1, -0.05) is 52.1 Å². The highest BCUT2D eigenvalue weighted by Gasteiger charge is 2.65. The van der Waals surface area contributed by atoms with E-state index in [0.29, 0.717) is 0 Å². The van der Waals surface area contributed by atoms with Crippen molar-refractivity contribution in [1.29, 1.82) is 0 Å². The van der Waals surface area contributed by atoms with Crippen LogP contribution in [0.1, 0.15) is 34.6 Å². The lowest BCUT2D eigenvalue weighted by molar-refractivity contribution is -0.157. The number of carbonyl (C=O) groups excluding carboxylic acids is 1. The Hall–Kier alpha value is -1.18. The Morgan fingerprint density at radius 1 is 1.04 bits per heavy atom. The third-order valence-electron chi connectivity index (χ3n) is 5.63. The van der Waals surface area contributed by atoms with Gasteiger partial charge in [-0.25, -0.2) is 8.42 Å². The van der Waals surface area contributed by atoms with Crippen molar-refractivity contribution in [1.82, 2.24) is 4.57 Å². The molecule has 1 amide bonds. The molecular formula is C18H29NO4SSi. The van der Waals surface area contributed by atoms with Crippen molar-refractivity contribution in [3.05, 3.63) is 30.3 Å².